The Kier molecular flexibility index (Phi) is 5.59. The third-order valence-electron chi connectivity index (χ3n) is 6.26. The molecule has 28 heavy (non-hydrogen) atoms. The zero-order chi connectivity index (χ0) is 19.5. The van der Waals surface area contributed by atoms with Crippen molar-refractivity contribution in [3.63, 3.8) is 0 Å². The normalized spacial score (nSPS) is 21.1. The van der Waals surface area contributed by atoms with E-state index in [2.05, 4.69) is 31.7 Å². The summed E-state index contributed by atoms with van der Waals surface area (Å²) in [5.41, 5.74) is 0. The highest BCUT2D eigenvalue weighted by Crippen LogP contribution is 2.28. The first-order chi connectivity index (χ1) is 13.7. The van der Waals surface area contributed by atoms with E-state index in [1.54, 1.807) is 12.5 Å². The number of piperidine rings is 2. The summed E-state index contributed by atoms with van der Waals surface area (Å²) in [6.45, 7) is 6.83. The van der Waals surface area contributed by atoms with Crippen molar-refractivity contribution in [3.8, 4) is 5.82 Å². The summed E-state index contributed by atoms with van der Waals surface area (Å²) in [6, 6.07) is 2.45. The molecule has 0 bridgehead atoms. The molecule has 2 saturated heterocycles. The van der Waals surface area contributed by atoms with E-state index < -0.39 is 0 Å². The number of imidazole rings is 1. The van der Waals surface area contributed by atoms with E-state index in [0.29, 0.717) is 11.9 Å². The Hall–Kier alpha value is -2.44. The van der Waals surface area contributed by atoms with Crippen LogP contribution >= 0.6 is 0 Å². The summed E-state index contributed by atoms with van der Waals surface area (Å²) >= 11 is 0. The number of anilines is 1. The van der Waals surface area contributed by atoms with Crippen molar-refractivity contribution in [1.29, 1.82) is 0 Å². The van der Waals surface area contributed by atoms with Gasteiger partial charge in [-0.05, 0) is 45.4 Å². The van der Waals surface area contributed by atoms with Crippen molar-refractivity contribution in [2.75, 3.05) is 24.5 Å². The van der Waals surface area contributed by atoms with Gasteiger partial charge in [-0.2, -0.15) is 0 Å². The first kappa shape index (κ1) is 18.9. The molecular weight excluding hydrogens is 352 g/mol. The number of rotatable bonds is 4. The van der Waals surface area contributed by atoms with Crippen LogP contribution in [-0.2, 0) is 4.79 Å². The third kappa shape index (κ3) is 3.75. The Morgan fingerprint density at radius 2 is 1.86 bits per heavy atom. The molecule has 7 nitrogen and oxygen atoms in total. The lowest BCUT2D eigenvalue weighted by Crippen LogP contribution is -2.48. The maximum Gasteiger partial charge on any atom is 0.226 e. The second-order valence-corrected chi connectivity index (χ2v) is 7.93. The van der Waals surface area contributed by atoms with E-state index in [1.807, 2.05) is 23.8 Å². The van der Waals surface area contributed by atoms with Crippen molar-refractivity contribution in [2.24, 2.45) is 5.92 Å². The Morgan fingerprint density at radius 1 is 1.07 bits per heavy atom. The average molecular weight is 383 g/mol. The first-order valence-electron chi connectivity index (χ1n) is 10.5. The van der Waals surface area contributed by atoms with Gasteiger partial charge in [-0.1, -0.05) is 6.92 Å². The van der Waals surface area contributed by atoms with Crippen molar-refractivity contribution in [3.05, 3.63) is 30.6 Å². The molecule has 2 aromatic heterocycles. The van der Waals surface area contributed by atoms with Crippen LogP contribution in [0.25, 0.3) is 5.82 Å². The van der Waals surface area contributed by atoms with E-state index >= 15 is 0 Å². The Balaban J connectivity index is 1.40. The molecule has 0 saturated carbocycles. The van der Waals surface area contributed by atoms with E-state index in [4.69, 9.17) is 0 Å². The predicted molar refractivity (Wildman–Crippen MR) is 108 cm³/mol. The van der Waals surface area contributed by atoms with Gasteiger partial charge in [0.25, 0.3) is 0 Å². The largest absolute Gasteiger partial charge is 0.356 e. The Labute approximate surface area is 166 Å². The van der Waals surface area contributed by atoms with E-state index in [1.165, 1.54) is 12.8 Å². The predicted octanol–water partition coefficient (Wildman–Crippen LogP) is 2.98. The molecule has 0 radical (unpaired) electrons. The van der Waals surface area contributed by atoms with Crippen LogP contribution in [0.3, 0.4) is 0 Å². The average Bonchev–Trinajstić information content (AvgIpc) is 3.19. The topological polar surface area (TPSA) is 67.2 Å². The second kappa shape index (κ2) is 8.29. The molecule has 4 heterocycles. The zero-order valence-electron chi connectivity index (χ0n) is 16.9. The number of amides is 1. The first-order valence-corrected chi connectivity index (χ1v) is 10.5. The van der Waals surface area contributed by atoms with Crippen LogP contribution in [0, 0.1) is 12.8 Å². The molecule has 0 N–H and O–H groups in total. The van der Waals surface area contributed by atoms with E-state index in [0.717, 1.165) is 62.8 Å². The molecule has 1 atom stereocenters. The maximum atomic E-state index is 13.1. The second-order valence-electron chi connectivity index (χ2n) is 7.93. The minimum Gasteiger partial charge on any atom is -0.356 e. The van der Waals surface area contributed by atoms with Gasteiger partial charge in [-0.3, -0.25) is 9.36 Å². The lowest BCUT2D eigenvalue weighted by atomic mass is 9.92. The van der Waals surface area contributed by atoms with Gasteiger partial charge < -0.3 is 9.80 Å². The fraction of sp³-hybridized carbons (Fsp3) is 0.619. The molecule has 2 aromatic rings. The number of carbonyl (C=O) groups excluding carboxylic acids is 1. The van der Waals surface area contributed by atoms with Crippen LogP contribution in [0.2, 0.25) is 0 Å². The van der Waals surface area contributed by atoms with Crippen LogP contribution in [0.15, 0.2) is 24.8 Å². The van der Waals surface area contributed by atoms with Gasteiger partial charge in [-0.25, -0.2) is 15.0 Å². The van der Waals surface area contributed by atoms with Gasteiger partial charge in [0, 0.05) is 50.1 Å². The summed E-state index contributed by atoms with van der Waals surface area (Å²) in [5.74, 6) is 3.19. The summed E-state index contributed by atoms with van der Waals surface area (Å²) < 4.78 is 1.96. The number of likely N-dealkylation sites (tertiary alicyclic amines) is 1. The lowest BCUT2D eigenvalue weighted by Gasteiger charge is -2.40. The maximum absolute atomic E-state index is 13.1. The molecule has 2 fully saturated rings. The Morgan fingerprint density at radius 3 is 2.57 bits per heavy atom. The highest BCUT2D eigenvalue weighted by Gasteiger charge is 2.33. The van der Waals surface area contributed by atoms with Crippen molar-refractivity contribution >= 4 is 11.7 Å². The molecule has 150 valence electrons. The van der Waals surface area contributed by atoms with Gasteiger partial charge in [0.05, 0.1) is 0 Å². The lowest BCUT2D eigenvalue weighted by molar-refractivity contribution is -0.140. The van der Waals surface area contributed by atoms with Gasteiger partial charge in [0.1, 0.15) is 23.8 Å². The summed E-state index contributed by atoms with van der Waals surface area (Å²) in [5, 5.41) is 0. The quantitative estimate of drug-likeness (QED) is 0.813. The van der Waals surface area contributed by atoms with Crippen molar-refractivity contribution in [2.45, 2.75) is 58.4 Å². The fourth-order valence-corrected chi connectivity index (χ4v) is 4.57. The van der Waals surface area contributed by atoms with E-state index in [9.17, 15) is 4.79 Å². The van der Waals surface area contributed by atoms with Crippen LogP contribution in [0.4, 0.5) is 5.82 Å². The highest BCUT2D eigenvalue weighted by atomic mass is 16.2. The molecule has 0 spiro atoms. The van der Waals surface area contributed by atoms with Gasteiger partial charge in [0.15, 0.2) is 0 Å². The number of carbonyl (C=O) groups is 1. The number of aryl methyl sites for hydroxylation is 1. The minimum absolute atomic E-state index is 0.153. The molecule has 4 rings (SSSR count). The van der Waals surface area contributed by atoms with Gasteiger partial charge >= 0.3 is 0 Å². The minimum atomic E-state index is 0.153. The van der Waals surface area contributed by atoms with Crippen molar-refractivity contribution < 1.29 is 4.79 Å². The smallest absolute Gasteiger partial charge is 0.226 e. The standard InChI is InChI=1S/C21H30N6O/c1-3-18-6-4-5-10-27(18)21(28)17-7-11-25(12-8-17)19-14-20(24-15-23-19)26-13-9-22-16(26)2/h9,13-15,17-18H,3-8,10-12H2,1-2H3. The monoisotopic (exact) mass is 382 g/mol. The Bertz CT molecular complexity index is 811. The summed E-state index contributed by atoms with van der Waals surface area (Å²) in [7, 11) is 0. The molecule has 7 heteroatoms. The molecule has 0 aliphatic carbocycles. The molecule has 0 aromatic carbocycles. The number of nitrogens with zero attached hydrogens (tertiary/aromatic N) is 6. The molecular formula is C21H30N6O. The highest BCUT2D eigenvalue weighted by molar-refractivity contribution is 5.79. The van der Waals surface area contributed by atoms with Crippen LogP contribution < -0.4 is 4.90 Å². The summed E-state index contributed by atoms with van der Waals surface area (Å²) in [6.07, 6.45) is 11.7. The number of aromatic nitrogens is 4. The van der Waals surface area contributed by atoms with Crippen LogP contribution in [0.5, 0.6) is 0 Å². The fourth-order valence-electron chi connectivity index (χ4n) is 4.57. The summed E-state index contributed by atoms with van der Waals surface area (Å²) in [4.78, 5) is 30.7. The van der Waals surface area contributed by atoms with E-state index in [-0.39, 0.29) is 5.92 Å². The number of hydrogen-bond acceptors (Lipinski definition) is 5. The van der Waals surface area contributed by atoms with Crippen LogP contribution in [-0.4, -0.2) is 56.0 Å². The van der Waals surface area contributed by atoms with Gasteiger partial charge in [-0.15, -0.1) is 0 Å². The molecule has 2 aliphatic heterocycles. The van der Waals surface area contributed by atoms with Crippen molar-refractivity contribution in [1.82, 2.24) is 24.4 Å². The molecule has 2 aliphatic rings. The number of hydrogen-bond donors (Lipinski definition) is 0. The van der Waals surface area contributed by atoms with Gasteiger partial charge in [0.2, 0.25) is 5.91 Å². The molecule has 1 amide bonds. The zero-order valence-corrected chi connectivity index (χ0v) is 16.9. The molecule has 1 unspecified atom stereocenters. The SMILES string of the molecule is CCC1CCCCN1C(=O)C1CCN(c2cc(-n3ccnc3C)ncn2)CC1. The third-order valence-corrected chi connectivity index (χ3v) is 6.26. The van der Waals surface area contributed by atoms with Crippen LogP contribution in [0.1, 0.15) is 51.3 Å².